The number of carbonyl (C=O) groups is 2. The third-order valence-electron chi connectivity index (χ3n) is 5.61. The molecule has 1 saturated heterocycles. The predicted octanol–water partition coefficient (Wildman–Crippen LogP) is 2.96. The van der Waals surface area contributed by atoms with Gasteiger partial charge in [-0.05, 0) is 57.4 Å². The smallest absolute Gasteiger partial charge is 0.340 e. The Morgan fingerprint density at radius 2 is 1.91 bits per heavy atom. The first kappa shape index (κ1) is 23.9. The number of nitrogens with zero attached hydrogens (tertiary/aromatic N) is 3. The minimum atomic E-state index is -0.404. The molecule has 0 aromatic carbocycles. The molecule has 2 aromatic heterocycles. The van der Waals surface area contributed by atoms with E-state index in [1.54, 1.807) is 26.2 Å². The molecule has 1 fully saturated rings. The molecule has 1 amide bonds. The molecule has 3 rings (SSSR count). The van der Waals surface area contributed by atoms with E-state index in [0.717, 1.165) is 44.8 Å². The molecule has 1 aliphatic heterocycles. The molecule has 0 bridgehead atoms. The van der Waals surface area contributed by atoms with E-state index in [2.05, 4.69) is 14.9 Å². The zero-order chi connectivity index (χ0) is 23.1. The molecule has 0 atom stereocenters. The second-order valence-corrected chi connectivity index (χ2v) is 8.47. The number of H-pyrrole nitrogens is 1. The number of pyridine rings is 1. The highest BCUT2D eigenvalue weighted by atomic mass is 16.5. The van der Waals surface area contributed by atoms with E-state index >= 15 is 0 Å². The van der Waals surface area contributed by atoms with Crippen molar-refractivity contribution in [2.45, 2.75) is 46.8 Å². The summed E-state index contributed by atoms with van der Waals surface area (Å²) in [5.41, 5.74) is 3.18. The van der Waals surface area contributed by atoms with Crippen LogP contribution < -0.4 is 0 Å². The van der Waals surface area contributed by atoms with E-state index in [4.69, 9.17) is 9.47 Å². The number of hydrogen-bond acceptors (Lipinski definition) is 6. The lowest BCUT2D eigenvalue weighted by atomic mass is 10.1. The Bertz CT molecular complexity index is 904. The standard InChI is InChI=1S/C24H34N4O4/c1-17(2)32-24(30)21-18(3)22(26-19(21)4)23(29)28(16-20-6-8-25-9-7-20)11-5-10-27-12-14-31-15-13-27/h6-9,17,26H,5,10-16H2,1-4H3. The van der Waals surface area contributed by atoms with Crippen LogP contribution in [0.25, 0.3) is 0 Å². The fourth-order valence-electron chi connectivity index (χ4n) is 3.97. The number of ether oxygens (including phenoxy) is 2. The topological polar surface area (TPSA) is 87.8 Å². The number of carbonyl (C=O) groups excluding carboxylic acids is 2. The van der Waals surface area contributed by atoms with Crippen LogP contribution in [-0.2, 0) is 16.0 Å². The average molecular weight is 443 g/mol. The van der Waals surface area contributed by atoms with Gasteiger partial charge in [-0.2, -0.15) is 0 Å². The summed E-state index contributed by atoms with van der Waals surface area (Å²) in [6, 6.07) is 3.83. The number of esters is 1. The van der Waals surface area contributed by atoms with Gasteiger partial charge < -0.3 is 19.4 Å². The number of nitrogens with one attached hydrogen (secondary N) is 1. The van der Waals surface area contributed by atoms with Gasteiger partial charge >= 0.3 is 5.97 Å². The number of amides is 1. The SMILES string of the molecule is Cc1[nH]c(C(=O)N(CCCN2CCOCC2)Cc2ccncc2)c(C)c1C(=O)OC(C)C. The molecule has 1 N–H and O–H groups in total. The number of morpholine rings is 1. The van der Waals surface area contributed by atoms with Crippen LogP contribution in [0.1, 0.15) is 57.9 Å². The van der Waals surface area contributed by atoms with Crippen LogP contribution in [-0.4, -0.2) is 77.1 Å². The van der Waals surface area contributed by atoms with Crippen molar-refractivity contribution in [1.29, 1.82) is 0 Å². The third-order valence-corrected chi connectivity index (χ3v) is 5.61. The molecule has 174 valence electrons. The third kappa shape index (κ3) is 6.17. The molecule has 1 aliphatic rings. The maximum Gasteiger partial charge on any atom is 0.340 e. The molecule has 0 spiro atoms. The Labute approximate surface area is 189 Å². The van der Waals surface area contributed by atoms with Crippen molar-refractivity contribution in [3.8, 4) is 0 Å². The molecule has 0 aliphatic carbocycles. The van der Waals surface area contributed by atoms with Gasteiger partial charge in [0, 0.05) is 50.8 Å². The van der Waals surface area contributed by atoms with E-state index < -0.39 is 5.97 Å². The van der Waals surface area contributed by atoms with E-state index in [1.165, 1.54) is 0 Å². The van der Waals surface area contributed by atoms with Gasteiger partial charge in [0.15, 0.2) is 0 Å². The van der Waals surface area contributed by atoms with Gasteiger partial charge in [-0.25, -0.2) is 4.79 Å². The van der Waals surface area contributed by atoms with Crippen LogP contribution in [0.3, 0.4) is 0 Å². The van der Waals surface area contributed by atoms with Crippen molar-refractivity contribution >= 4 is 11.9 Å². The van der Waals surface area contributed by atoms with Crippen LogP contribution in [0.15, 0.2) is 24.5 Å². The van der Waals surface area contributed by atoms with Crippen molar-refractivity contribution in [3.05, 3.63) is 52.6 Å². The van der Waals surface area contributed by atoms with Crippen molar-refractivity contribution in [1.82, 2.24) is 19.8 Å². The van der Waals surface area contributed by atoms with Crippen molar-refractivity contribution in [2.75, 3.05) is 39.4 Å². The lowest BCUT2D eigenvalue weighted by Gasteiger charge is -2.28. The summed E-state index contributed by atoms with van der Waals surface area (Å²) in [5, 5.41) is 0. The zero-order valence-corrected chi connectivity index (χ0v) is 19.5. The normalized spacial score (nSPS) is 14.5. The fourth-order valence-corrected chi connectivity index (χ4v) is 3.97. The minimum absolute atomic E-state index is 0.118. The highest BCUT2D eigenvalue weighted by Gasteiger charge is 2.26. The van der Waals surface area contributed by atoms with Crippen LogP contribution in [0.2, 0.25) is 0 Å². The molecule has 8 heteroatoms. The fraction of sp³-hybridized carbons (Fsp3) is 0.542. The highest BCUT2D eigenvalue weighted by molar-refractivity contribution is 6.00. The van der Waals surface area contributed by atoms with Crippen LogP contribution in [0.4, 0.5) is 0 Å². The first-order valence-electron chi connectivity index (χ1n) is 11.2. The van der Waals surface area contributed by atoms with Crippen LogP contribution >= 0.6 is 0 Å². The maximum absolute atomic E-state index is 13.6. The Hall–Kier alpha value is -2.71. The second kappa shape index (κ2) is 11.2. The second-order valence-electron chi connectivity index (χ2n) is 8.47. The Morgan fingerprint density at radius 3 is 2.56 bits per heavy atom. The molecule has 0 saturated carbocycles. The first-order valence-corrected chi connectivity index (χ1v) is 11.2. The van der Waals surface area contributed by atoms with Crippen LogP contribution in [0.5, 0.6) is 0 Å². The number of aryl methyl sites for hydroxylation is 1. The van der Waals surface area contributed by atoms with Crippen molar-refractivity contribution in [3.63, 3.8) is 0 Å². The van der Waals surface area contributed by atoms with E-state index in [1.807, 2.05) is 30.9 Å². The average Bonchev–Trinajstić information content (AvgIpc) is 3.07. The van der Waals surface area contributed by atoms with E-state index in [0.29, 0.717) is 35.6 Å². The highest BCUT2D eigenvalue weighted by Crippen LogP contribution is 2.22. The quantitative estimate of drug-likeness (QED) is 0.601. The zero-order valence-electron chi connectivity index (χ0n) is 19.5. The monoisotopic (exact) mass is 442 g/mol. The largest absolute Gasteiger partial charge is 0.459 e. The summed E-state index contributed by atoms with van der Waals surface area (Å²) in [6.45, 7) is 12.6. The summed E-state index contributed by atoms with van der Waals surface area (Å²) in [5.74, 6) is -0.522. The summed E-state index contributed by atoms with van der Waals surface area (Å²) in [4.78, 5) is 37.5. The van der Waals surface area contributed by atoms with Crippen LogP contribution in [0, 0.1) is 13.8 Å². The Balaban J connectivity index is 1.77. The van der Waals surface area contributed by atoms with Gasteiger partial charge in [0.1, 0.15) is 5.69 Å². The summed E-state index contributed by atoms with van der Waals surface area (Å²) in [6.07, 6.45) is 4.10. The van der Waals surface area contributed by atoms with E-state index in [9.17, 15) is 9.59 Å². The first-order chi connectivity index (χ1) is 15.4. The molecular weight excluding hydrogens is 408 g/mol. The van der Waals surface area contributed by atoms with Crippen molar-refractivity contribution in [2.24, 2.45) is 0 Å². The Morgan fingerprint density at radius 1 is 1.22 bits per heavy atom. The molecule has 0 unspecified atom stereocenters. The van der Waals surface area contributed by atoms with Crippen molar-refractivity contribution < 1.29 is 19.1 Å². The molecule has 8 nitrogen and oxygen atoms in total. The molecule has 0 radical (unpaired) electrons. The molecule has 2 aromatic rings. The summed E-state index contributed by atoms with van der Waals surface area (Å²) < 4.78 is 10.8. The molecule has 32 heavy (non-hydrogen) atoms. The lowest BCUT2D eigenvalue weighted by Crippen LogP contribution is -2.39. The summed E-state index contributed by atoms with van der Waals surface area (Å²) in [7, 11) is 0. The van der Waals surface area contributed by atoms with Gasteiger partial charge in [0.25, 0.3) is 5.91 Å². The lowest BCUT2D eigenvalue weighted by molar-refractivity contribution is 0.0355. The van der Waals surface area contributed by atoms with Gasteiger partial charge in [-0.3, -0.25) is 14.7 Å². The van der Waals surface area contributed by atoms with Gasteiger partial charge in [-0.1, -0.05) is 0 Å². The number of rotatable bonds is 9. The maximum atomic E-state index is 13.6. The number of aromatic amines is 1. The van der Waals surface area contributed by atoms with Gasteiger partial charge in [-0.15, -0.1) is 0 Å². The molecular formula is C24H34N4O4. The number of hydrogen-bond donors (Lipinski definition) is 1. The predicted molar refractivity (Wildman–Crippen MR) is 122 cm³/mol. The van der Waals surface area contributed by atoms with E-state index in [-0.39, 0.29) is 12.0 Å². The van der Waals surface area contributed by atoms with Gasteiger partial charge in [0.2, 0.25) is 0 Å². The minimum Gasteiger partial charge on any atom is -0.459 e. The molecule has 3 heterocycles. The van der Waals surface area contributed by atoms with Gasteiger partial charge in [0.05, 0.1) is 24.9 Å². The Kier molecular flexibility index (Phi) is 8.41. The number of aromatic nitrogens is 2. The summed E-state index contributed by atoms with van der Waals surface area (Å²) >= 11 is 0.